The smallest absolute Gasteiger partial charge is 0.315 e. The first-order chi connectivity index (χ1) is 10.0. The predicted octanol–water partition coefficient (Wildman–Crippen LogP) is 1.25. The number of amides is 2. The first-order valence-corrected chi connectivity index (χ1v) is 8.37. The molecule has 0 radical (unpaired) electrons. The normalized spacial score (nSPS) is 11.3. The summed E-state index contributed by atoms with van der Waals surface area (Å²) < 4.78 is 30.7. The van der Waals surface area contributed by atoms with E-state index >= 15 is 0 Å². The standard InChI is InChI=1S/C12H15N3O4S2/c1-13-21(17,18)11-5-4-10(20-11)8-15-12(16)14-7-9-3-2-6-19-9/h2-6,13H,7-8H2,1H3,(H2,14,15,16). The molecule has 7 nitrogen and oxygen atoms in total. The highest BCUT2D eigenvalue weighted by Crippen LogP contribution is 2.20. The van der Waals surface area contributed by atoms with Crippen LogP contribution >= 0.6 is 11.3 Å². The van der Waals surface area contributed by atoms with Crippen molar-refractivity contribution in [3.8, 4) is 0 Å². The van der Waals surface area contributed by atoms with Crippen molar-refractivity contribution in [2.75, 3.05) is 7.05 Å². The lowest BCUT2D eigenvalue weighted by Crippen LogP contribution is -2.34. The second-order valence-corrected chi connectivity index (χ2v) is 7.33. The van der Waals surface area contributed by atoms with Crippen LogP contribution in [0.4, 0.5) is 4.79 Å². The lowest BCUT2D eigenvalue weighted by Gasteiger charge is -2.05. The fraction of sp³-hybridized carbons (Fsp3) is 0.250. The van der Waals surface area contributed by atoms with Gasteiger partial charge in [0.05, 0.1) is 19.4 Å². The number of carbonyl (C=O) groups excluding carboxylic acids is 1. The molecule has 0 saturated carbocycles. The first-order valence-electron chi connectivity index (χ1n) is 6.07. The molecule has 0 aromatic carbocycles. The van der Waals surface area contributed by atoms with Gasteiger partial charge in [0.2, 0.25) is 10.0 Å². The van der Waals surface area contributed by atoms with Gasteiger partial charge in [-0.2, -0.15) is 0 Å². The van der Waals surface area contributed by atoms with Crippen LogP contribution in [0, 0.1) is 0 Å². The Morgan fingerprint density at radius 2 is 2.00 bits per heavy atom. The number of nitrogens with one attached hydrogen (secondary N) is 3. The van der Waals surface area contributed by atoms with Gasteiger partial charge in [0.25, 0.3) is 0 Å². The van der Waals surface area contributed by atoms with E-state index in [1.165, 1.54) is 19.4 Å². The summed E-state index contributed by atoms with van der Waals surface area (Å²) in [6.07, 6.45) is 1.53. The number of urea groups is 1. The van der Waals surface area contributed by atoms with Gasteiger partial charge in [0, 0.05) is 4.88 Å². The highest BCUT2D eigenvalue weighted by atomic mass is 32.2. The Hall–Kier alpha value is -1.84. The Morgan fingerprint density at radius 3 is 2.67 bits per heavy atom. The van der Waals surface area contributed by atoms with Crippen molar-refractivity contribution in [3.05, 3.63) is 41.2 Å². The second kappa shape index (κ2) is 6.74. The first kappa shape index (κ1) is 15.5. The largest absolute Gasteiger partial charge is 0.467 e. The van der Waals surface area contributed by atoms with Crippen LogP contribution in [0.5, 0.6) is 0 Å². The summed E-state index contributed by atoms with van der Waals surface area (Å²) in [5, 5.41) is 5.28. The van der Waals surface area contributed by atoms with Gasteiger partial charge < -0.3 is 15.1 Å². The Bertz CT molecular complexity index is 692. The van der Waals surface area contributed by atoms with Crippen molar-refractivity contribution >= 4 is 27.4 Å². The molecule has 0 aliphatic heterocycles. The zero-order valence-electron chi connectivity index (χ0n) is 11.3. The van der Waals surface area contributed by atoms with Crippen LogP contribution in [0.25, 0.3) is 0 Å². The molecule has 9 heteroatoms. The minimum absolute atomic E-state index is 0.220. The van der Waals surface area contributed by atoms with E-state index in [-0.39, 0.29) is 16.8 Å². The highest BCUT2D eigenvalue weighted by molar-refractivity contribution is 7.91. The average molecular weight is 329 g/mol. The summed E-state index contributed by atoms with van der Waals surface area (Å²) in [5.41, 5.74) is 0. The SMILES string of the molecule is CNS(=O)(=O)c1ccc(CNC(=O)NCc2ccco2)s1. The van der Waals surface area contributed by atoms with Crippen LogP contribution in [-0.2, 0) is 23.1 Å². The molecule has 0 aliphatic carbocycles. The topological polar surface area (TPSA) is 100 Å². The van der Waals surface area contributed by atoms with E-state index < -0.39 is 10.0 Å². The highest BCUT2D eigenvalue weighted by Gasteiger charge is 2.14. The molecule has 0 unspecified atom stereocenters. The zero-order chi connectivity index (χ0) is 15.3. The van der Waals surface area contributed by atoms with E-state index in [0.29, 0.717) is 12.3 Å². The number of thiophene rings is 1. The Balaban J connectivity index is 1.81. The van der Waals surface area contributed by atoms with Crippen molar-refractivity contribution in [1.82, 2.24) is 15.4 Å². The fourth-order valence-corrected chi connectivity index (χ4v) is 3.64. The molecule has 2 rings (SSSR count). The lowest BCUT2D eigenvalue weighted by molar-refractivity contribution is 0.239. The maximum Gasteiger partial charge on any atom is 0.315 e. The van der Waals surface area contributed by atoms with E-state index in [1.54, 1.807) is 18.2 Å². The molecule has 0 saturated heterocycles. The molecule has 21 heavy (non-hydrogen) atoms. The lowest BCUT2D eigenvalue weighted by atomic mass is 10.4. The van der Waals surface area contributed by atoms with Gasteiger partial charge in [-0.25, -0.2) is 17.9 Å². The molecule has 3 N–H and O–H groups in total. The summed E-state index contributed by atoms with van der Waals surface area (Å²) >= 11 is 1.11. The van der Waals surface area contributed by atoms with Crippen molar-refractivity contribution in [2.24, 2.45) is 0 Å². The third-order valence-electron chi connectivity index (χ3n) is 2.60. The average Bonchev–Trinajstić information content (AvgIpc) is 3.14. The van der Waals surface area contributed by atoms with Gasteiger partial charge in [-0.15, -0.1) is 11.3 Å². The molecular weight excluding hydrogens is 314 g/mol. The number of furan rings is 1. The van der Waals surface area contributed by atoms with Gasteiger partial charge in [0.15, 0.2) is 0 Å². The number of hydrogen-bond acceptors (Lipinski definition) is 5. The molecule has 2 aromatic rings. The van der Waals surface area contributed by atoms with E-state index in [4.69, 9.17) is 4.42 Å². The van der Waals surface area contributed by atoms with Crippen LogP contribution in [-0.4, -0.2) is 21.5 Å². The number of rotatable bonds is 6. The van der Waals surface area contributed by atoms with Crippen LogP contribution in [0.15, 0.2) is 39.2 Å². The van der Waals surface area contributed by atoms with E-state index in [1.807, 2.05) is 0 Å². The second-order valence-electron chi connectivity index (χ2n) is 4.04. The maximum absolute atomic E-state index is 11.6. The number of carbonyl (C=O) groups is 1. The summed E-state index contributed by atoms with van der Waals surface area (Å²) in [5.74, 6) is 0.656. The van der Waals surface area contributed by atoms with E-state index in [2.05, 4.69) is 15.4 Å². The molecule has 114 valence electrons. The summed E-state index contributed by atoms with van der Waals surface area (Å²) in [6.45, 7) is 0.552. The van der Waals surface area contributed by atoms with Crippen molar-refractivity contribution in [3.63, 3.8) is 0 Å². The van der Waals surface area contributed by atoms with Crippen LogP contribution in [0.1, 0.15) is 10.6 Å². The Kier molecular flexibility index (Phi) is 4.99. The quantitative estimate of drug-likeness (QED) is 0.742. The van der Waals surface area contributed by atoms with Crippen LogP contribution in [0.3, 0.4) is 0 Å². The number of hydrogen-bond donors (Lipinski definition) is 3. The molecule has 2 heterocycles. The van der Waals surface area contributed by atoms with Gasteiger partial charge in [-0.05, 0) is 31.3 Å². The molecule has 0 fully saturated rings. The van der Waals surface area contributed by atoms with Crippen molar-refractivity contribution < 1.29 is 17.6 Å². The van der Waals surface area contributed by atoms with Crippen molar-refractivity contribution in [2.45, 2.75) is 17.3 Å². The minimum Gasteiger partial charge on any atom is -0.467 e. The van der Waals surface area contributed by atoms with Crippen LogP contribution < -0.4 is 15.4 Å². The molecular formula is C12H15N3O4S2. The molecule has 2 amide bonds. The fourth-order valence-electron chi connectivity index (χ4n) is 1.51. The van der Waals surface area contributed by atoms with Crippen molar-refractivity contribution in [1.29, 1.82) is 0 Å². The van der Waals surface area contributed by atoms with Gasteiger partial charge in [0.1, 0.15) is 9.97 Å². The summed E-state index contributed by atoms with van der Waals surface area (Å²) in [6, 6.07) is 6.33. The molecule has 0 spiro atoms. The third-order valence-corrected chi connectivity index (χ3v) is 5.59. The van der Waals surface area contributed by atoms with E-state index in [9.17, 15) is 13.2 Å². The Morgan fingerprint density at radius 1 is 1.24 bits per heavy atom. The molecule has 2 aromatic heterocycles. The van der Waals surface area contributed by atoms with Gasteiger partial charge >= 0.3 is 6.03 Å². The van der Waals surface area contributed by atoms with Gasteiger partial charge in [-0.1, -0.05) is 0 Å². The maximum atomic E-state index is 11.6. The van der Waals surface area contributed by atoms with E-state index in [0.717, 1.165) is 16.2 Å². The predicted molar refractivity (Wildman–Crippen MR) is 78.3 cm³/mol. The molecule has 0 bridgehead atoms. The molecule has 0 aliphatic rings. The summed E-state index contributed by atoms with van der Waals surface area (Å²) in [7, 11) is -2.07. The van der Waals surface area contributed by atoms with Gasteiger partial charge in [-0.3, -0.25) is 0 Å². The minimum atomic E-state index is -3.43. The zero-order valence-corrected chi connectivity index (χ0v) is 12.9. The van der Waals surface area contributed by atoms with Crippen LogP contribution in [0.2, 0.25) is 0 Å². The Labute approximate surface area is 126 Å². The third kappa shape index (κ3) is 4.31. The molecule has 0 atom stereocenters. The monoisotopic (exact) mass is 329 g/mol. The number of sulfonamides is 1. The summed E-state index contributed by atoms with van der Waals surface area (Å²) in [4.78, 5) is 12.3.